The molecule has 1 N–H and O–H groups in total. The molecule has 1 amide bonds. The molecule has 0 atom stereocenters. The highest BCUT2D eigenvalue weighted by atomic mass is 32.2. The lowest BCUT2D eigenvalue weighted by molar-refractivity contribution is -0.115. The summed E-state index contributed by atoms with van der Waals surface area (Å²) in [6, 6.07) is 7.66. The summed E-state index contributed by atoms with van der Waals surface area (Å²) < 4.78 is 48.8. The second-order valence-electron chi connectivity index (χ2n) is 7.53. The number of morpholine rings is 1. The van der Waals surface area contributed by atoms with Crippen molar-refractivity contribution in [3.63, 3.8) is 0 Å². The first-order valence-electron chi connectivity index (χ1n) is 10.3. The van der Waals surface area contributed by atoms with Gasteiger partial charge in [-0.1, -0.05) is 6.07 Å². The van der Waals surface area contributed by atoms with Crippen LogP contribution in [-0.2, 0) is 26.0 Å². The van der Waals surface area contributed by atoms with Crippen LogP contribution in [0.25, 0.3) is 0 Å². The average Bonchev–Trinajstić information content (AvgIpc) is 3.26. The molecule has 2 aromatic carbocycles. The van der Waals surface area contributed by atoms with Gasteiger partial charge in [0.15, 0.2) is 17.3 Å². The van der Waals surface area contributed by atoms with Crippen LogP contribution in [0.3, 0.4) is 0 Å². The molecule has 1 saturated heterocycles. The zero-order chi connectivity index (χ0) is 23.6. The first kappa shape index (κ1) is 23.0. The number of ether oxygens (including phenoxy) is 4. The van der Waals surface area contributed by atoms with Gasteiger partial charge in [0.2, 0.25) is 22.7 Å². The first-order chi connectivity index (χ1) is 15.8. The van der Waals surface area contributed by atoms with Gasteiger partial charge in [-0.15, -0.1) is 0 Å². The molecule has 0 aromatic heterocycles. The second kappa shape index (κ2) is 9.38. The predicted octanol–water partition coefficient (Wildman–Crippen LogP) is 1.83. The second-order valence-corrected chi connectivity index (χ2v) is 9.44. The van der Waals surface area contributed by atoms with E-state index in [9.17, 15) is 18.0 Å². The van der Waals surface area contributed by atoms with Gasteiger partial charge in [0.1, 0.15) is 10.6 Å². The molecule has 2 aromatic rings. The Morgan fingerprint density at radius 2 is 1.79 bits per heavy atom. The molecule has 0 saturated carbocycles. The van der Waals surface area contributed by atoms with Gasteiger partial charge in [-0.25, -0.2) is 8.42 Å². The van der Waals surface area contributed by atoms with Crippen LogP contribution in [0.5, 0.6) is 17.2 Å². The number of carbonyl (C=O) groups is 2. The zero-order valence-corrected chi connectivity index (χ0v) is 19.1. The zero-order valence-electron chi connectivity index (χ0n) is 18.3. The summed E-state index contributed by atoms with van der Waals surface area (Å²) in [6.07, 6.45) is -0.110. The molecular weight excluding hydrogens is 452 g/mol. The molecule has 0 aliphatic carbocycles. The van der Waals surface area contributed by atoms with Crippen molar-refractivity contribution in [3.8, 4) is 17.2 Å². The standard InChI is InChI=1S/C22H24N2O8S/c1-14(25)16-11-19-20(32-13-31-19)12-17(16)23-22(26)10-15-3-4-18(29-2)21(9-15)33(27,28)24-5-7-30-8-6-24/h3-4,9,11-12H,5-8,10,13H2,1-2H3,(H,23,26). The third kappa shape index (κ3) is 4.80. The number of anilines is 1. The van der Waals surface area contributed by atoms with E-state index >= 15 is 0 Å². The van der Waals surface area contributed by atoms with Crippen LogP contribution in [0.1, 0.15) is 22.8 Å². The highest BCUT2D eigenvalue weighted by Crippen LogP contribution is 2.37. The molecule has 10 nitrogen and oxygen atoms in total. The highest BCUT2D eigenvalue weighted by Gasteiger charge is 2.30. The Balaban J connectivity index is 1.57. The number of amides is 1. The SMILES string of the molecule is COc1ccc(CC(=O)Nc2cc3c(cc2C(C)=O)OCO3)cc1S(=O)(=O)N1CCOCC1. The molecule has 11 heteroatoms. The van der Waals surface area contributed by atoms with Crippen LogP contribution in [0, 0.1) is 0 Å². The van der Waals surface area contributed by atoms with Gasteiger partial charge >= 0.3 is 0 Å². The van der Waals surface area contributed by atoms with Crippen molar-refractivity contribution in [2.45, 2.75) is 18.2 Å². The summed E-state index contributed by atoms with van der Waals surface area (Å²) in [7, 11) is -2.43. The molecule has 0 spiro atoms. The Morgan fingerprint density at radius 3 is 2.45 bits per heavy atom. The molecule has 33 heavy (non-hydrogen) atoms. The number of methoxy groups -OCH3 is 1. The lowest BCUT2D eigenvalue weighted by Crippen LogP contribution is -2.40. The maximum absolute atomic E-state index is 13.2. The number of Topliss-reactive ketones (excluding diaryl/α,β-unsaturated/α-hetero) is 1. The minimum Gasteiger partial charge on any atom is -0.495 e. The van der Waals surface area contributed by atoms with Crippen molar-refractivity contribution >= 4 is 27.4 Å². The predicted molar refractivity (Wildman–Crippen MR) is 117 cm³/mol. The molecule has 0 bridgehead atoms. The number of benzene rings is 2. The number of hydrogen-bond acceptors (Lipinski definition) is 8. The van der Waals surface area contributed by atoms with Crippen LogP contribution in [0.4, 0.5) is 5.69 Å². The normalized spacial score (nSPS) is 15.8. The molecule has 1 fully saturated rings. The van der Waals surface area contributed by atoms with E-state index < -0.39 is 15.9 Å². The fourth-order valence-electron chi connectivity index (χ4n) is 3.68. The minimum atomic E-state index is -3.83. The van der Waals surface area contributed by atoms with Crippen LogP contribution < -0.4 is 19.5 Å². The van der Waals surface area contributed by atoms with E-state index in [0.29, 0.717) is 36.0 Å². The van der Waals surface area contributed by atoms with Crippen molar-refractivity contribution in [3.05, 3.63) is 41.5 Å². The molecule has 4 rings (SSSR count). The molecule has 2 heterocycles. The maximum Gasteiger partial charge on any atom is 0.246 e. The number of rotatable bonds is 7. The molecular formula is C22H24N2O8S. The lowest BCUT2D eigenvalue weighted by atomic mass is 10.1. The quantitative estimate of drug-likeness (QED) is 0.601. The van der Waals surface area contributed by atoms with Gasteiger partial charge in [-0.2, -0.15) is 4.31 Å². The average molecular weight is 477 g/mol. The maximum atomic E-state index is 13.2. The van der Waals surface area contributed by atoms with Crippen molar-refractivity contribution in [2.24, 2.45) is 0 Å². The Hall–Kier alpha value is -3.15. The van der Waals surface area contributed by atoms with E-state index in [1.807, 2.05) is 0 Å². The number of hydrogen-bond donors (Lipinski definition) is 1. The summed E-state index contributed by atoms with van der Waals surface area (Å²) in [5.74, 6) is 0.397. The Morgan fingerprint density at radius 1 is 1.09 bits per heavy atom. The highest BCUT2D eigenvalue weighted by molar-refractivity contribution is 7.89. The Labute approximate surface area is 191 Å². The number of fused-ring (bicyclic) bond motifs is 1. The third-order valence-corrected chi connectivity index (χ3v) is 7.27. The van der Waals surface area contributed by atoms with Crippen LogP contribution in [0.15, 0.2) is 35.2 Å². The smallest absolute Gasteiger partial charge is 0.246 e. The first-order valence-corrected chi connectivity index (χ1v) is 11.7. The van der Waals surface area contributed by atoms with E-state index in [0.717, 1.165) is 0 Å². The van der Waals surface area contributed by atoms with E-state index in [2.05, 4.69) is 5.32 Å². The monoisotopic (exact) mass is 476 g/mol. The molecule has 176 valence electrons. The van der Waals surface area contributed by atoms with Crippen molar-refractivity contribution in [1.82, 2.24) is 4.31 Å². The molecule has 0 radical (unpaired) electrons. The number of ketones is 1. The largest absolute Gasteiger partial charge is 0.495 e. The summed E-state index contributed by atoms with van der Waals surface area (Å²) in [4.78, 5) is 24.8. The Kier molecular flexibility index (Phi) is 6.54. The number of nitrogens with one attached hydrogen (secondary N) is 1. The summed E-state index contributed by atoms with van der Waals surface area (Å²) in [5, 5.41) is 2.72. The van der Waals surface area contributed by atoms with Gasteiger partial charge in [0.05, 0.1) is 32.4 Å². The third-order valence-electron chi connectivity index (χ3n) is 5.35. The van der Waals surface area contributed by atoms with E-state index in [1.54, 1.807) is 12.1 Å². The summed E-state index contributed by atoms with van der Waals surface area (Å²) in [6.45, 7) is 2.55. The molecule has 0 unspecified atom stereocenters. The fourth-order valence-corrected chi connectivity index (χ4v) is 5.29. The van der Waals surface area contributed by atoms with Gasteiger partial charge in [0, 0.05) is 24.7 Å². The van der Waals surface area contributed by atoms with Gasteiger partial charge < -0.3 is 24.3 Å². The van der Waals surface area contributed by atoms with Crippen LogP contribution >= 0.6 is 0 Å². The van der Waals surface area contributed by atoms with E-state index in [-0.39, 0.29) is 48.3 Å². The number of sulfonamides is 1. The Bertz CT molecular complexity index is 1190. The van der Waals surface area contributed by atoms with Crippen molar-refractivity contribution in [1.29, 1.82) is 0 Å². The minimum absolute atomic E-state index is 0.00953. The van der Waals surface area contributed by atoms with Crippen LogP contribution in [0.2, 0.25) is 0 Å². The van der Waals surface area contributed by atoms with E-state index in [1.165, 1.54) is 36.5 Å². The van der Waals surface area contributed by atoms with Crippen molar-refractivity contribution < 1.29 is 37.0 Å². The van der Waals surface area contributed by atoms with Gasteiger partial charge in [-0.3, -0.25) is 9.59 Å². The van der Waals surface area contributed by atoms with Crippen LogP contribution in [-0.4, -0.2) is 64.6 Å². The number of carbonyl (C=O) groups excluding carboxylic acids is 2. The van der Waals surface area contributed by atoms with Gasteiger partial charge in [-0.05, 0) is 30.7 Å². The number of nitrogens with zero attached hydrogens (tertiary/aromatic N) is 1. The fraction of sp³-hybridized carbons (Fsp3) is 0.364. The summed E-state index contributed by atoms with van der Waals surface area (Å²) >= 11 is 0. The lowest BCUT2D eigenvalue weighted by Gasteiger charge is -2.26. The van der Waals surface area contributed by atoms with Crippen molar-refractivity contribution in [2.75, 3.05) is 45.5 Å². The summed E-state index contributed by atoms with van der Waals surface area (Å²) in [5.41, 5.74) is 1.06. The van der Waals surface area contributed by atoms with Gasteiger partial charge in [0.25, 0.3) is 0 Å². The topological polar surface area (TPSA) is 120 Å². The van der Waals surface area contributed by atoms with E-state index in [4.69, 9.17) is 18.9 Å². The molecule has 2 aliphatic rings. The molecule has 2 aliphatic heterocycles.